The summed E-state index contributed by atoms with van der Waals surface area (Å²) in [6.07, 6.45) is -0.424. The van der Waals surface area contributed by atoms with E-state index in [9.17, 15) is 22.4 Å². The van der Waals surface area contributed by atoms with E-state index in [0.717, 1.165) is 24.3 Å². The van der Waals surface area contributed by atoms with Crippen molar-refractivity contribution in [1.82, 2.24) is 0 Å². The van der Waals surface area contributed by atoms with Crippen molar-refractivity contribution in [2.75, 3.05) is 0 Å². The Labute approximate surface area is 120 Å². The van der Waals surface area contributed by atoms with Crippen LogP contribution >= 0.6 is 15.9 Å². The summed E-state index contributed by atoms with van der Waals surface area (Å²) >= 11 is 2.90. The van der Waals surface area contributed by atoms with Gasteiger partial charge in [0.05, 0.1) is 5.56 Å². The van der Waals surface area contributed by atoms with Crippen molar-refractivity contribution in [2.24, 2.45) is 0 Å². The lowest BCUT2D eigenvalue weighted by atomic mass is 10.0. The molecular weight excluding hydrogens is 340 g/mol. The molecule has 0 aliphatic carbocycles. The van der Waals surface area contributed by atoms with Crippen LogP contribution in [0.3, 0.4) is 0 Å². The smallest absolute Gasteiger partial charge is 0.173 e. The standard InChI is InChI=1S/C14H7BrF4O/c15-8-5-11(18)14(12(19)6-8)13(20)4-7-1-2-9(16)10(17)3-7/h1-3,5-6H,4H2. The number of hydrogen-bond acceptors (Lipinski definition) is 1. The monoisotopic (exact) mass is 346 g/mol. The molecule has 2 aromatic carbocycles. The molecule has 0 N–H and O–H groups in total. The van der Waals surface area contributed by atoms with Crippen LogP contribution in [0.25, 0.3) is 0 Å². The Morgan fingerprint density at radius 1 is 0.900 bits per heavy atom. The maximum absolute atomic E-state index is 13.6. The van der Waals surface area contributed by atoms with E-state index < -0.39 is 41.0 Å². The summed E-state index contributed by atoms with van der Waals surface area (Å²) in [7, 11) is 0. The first-order valence-electron chi connectivity index (χ1n) is 5.50. The van der Waals surface area contributed by atoms with Crippen molar-refractivity contribution in [3.63, 3.8) is 0 Å². The van der Waals surface area contributed by atoms with Crippen LogP contribution in [-0.4, -0.2) is 5.78 Å². The SMILES string of the molecule is O=C(Cc1ccc(F)c(F)c1)c1c(F)cc(Br)cc1F. The zero-order valence-corrected chi connectivity index (χ0v) is 11.5. The van der Waals surface area contributed by atoms with E-state index >= 15 is 0 Å². The number of carbonyl (C=O) groups is 1. The summed E-state index contributed by atoms with van der Waals surface area (Å²) < 4.78 is 53.1. The Balaban J connectivity index is 2.31. The molecule has 0 saturated heterocycles. The minimum atomic E-state index is -1.12. The minimum Gasteiger partial charge on any atom is -0.294 e. The van der Waals surface area contributed by atoms with Gasteiger partial charge in [-0.2, -0.15) is 0 Å². The average Bonchev–Trinajstić information content (AvgIpc) is 2.32. The van der Waals surface area contributed by atoms with Crippen LogP contribution in [0.4, 0.5) is 17.6 Å². The van der Waals surface area contributed by atoms with E-state index in [0.29, 0.717) is 0 Å². The van der Waals surface area contributed by atoms with Crippen molar-refractivity contribution in [2.45, 2.75) is 6.42 Å². The first-order chi connectivity index (χ1) is 9.38. The van der Waals surface area contributed by atoms with Gasteiger partial charge >= 0.3 is 0 Å². The van der Waals surface area contributed by atoms with Gasteiger partial charge in [-0.25, -0.2) is 17.6 Å². The molecule has 0 saturated carbocycles. The van der Waals surface area contributed by atoms with Crippen molar-refractivity contribution < 1.29 is 22.4 Å². The molecule has 2 rings (SSSR count). The van der Waals surface area contributed by atoms with Gasteiger partial charge in [0.1, 0.15) is 11.6 Å². The van der Waals surface area contributed by atoms with E-state index in [1.54, 1.807) is 0 Å². The third kappa shape index (κ3) is 3.07. The molecule has 0 atom stereocenters. The van der Waals surface area contributed by atoms with Gasteiger partial charge in [-0.05, 0) is 29.8 Å². The van der Waals surface area contributed by atoms with E-state index in [1.165, 1.54) is 6.07 Å². The molecule has 1 nitrogen and oxygen atoms in total. The first-order valence-corrected chi connectivity index (χ1v) is 6.29. The molecule has 0 aliphatic heterocycles. The van der Waals surface area contributed by atoms with Gasteiger partial charge in [0.2, 0.25) is 0 Å². The third-order valence-electron chi connectivity index (χ3n) is 2.63. The van der Waals surface area contributed by atoms with Gasteiger partial charge in [0.15, 0.2) is 17.4 Å². The fraction of sp³-hybridized carbons (Fsp3) is 0.0714. The summed E-state index contributed by atoms with van der Waals surface area (Å²) in [6.45, 7) is 0. The number of hydrogen-bond donors (Lipinski definition) is 0. The van der Waals surface area contributed by atoms with Crippen molar-refractivity contribution in [3.8, 4) is 0 Å². The predicted molar refractivity (Wildman–Crippen MR) is 68.5 cm³/mol. The van der Waals surface area contributed by atoms with Crippen LogP contribution in [0.2, 0.25) is 0 Å². The Kier molecular flexibility index (Phi) is 4.23. The largest absolute Gasteiger partial charge is 0.294 e. The van der Waals surface area contributed by atoms with Gasteiger partial charge in [-0.3, -0.25) is 4.79 Å². The number of rotatable bonds is 3. The Morgan fingerprint density at radius 2 is 1.50 bits per heavy atom. The van der Waals surface area contributed by atoms with Crippen LogP contribution in [0.5, 0.6) is 0 Å². The highest BCUT2D eigenvalue weighted by Crippen LogP contribution is 2.21. The molecule has 2 aromatic rings. The molecule has 0 radical (unpaired) electrons. The summed E-state index contributed by atoms with van der Waals surface area (Å²) in [5.74, 6) is -5.04. The highest BCUT2D eigenvalue weighted by molar-refractivity contribution is 9.10. The van der Waals surface area contributed by atoms with Crippen LogP contribution in [0.1, 0.15) is 15.9 Å². The predicted octanol–water partition coefficient (Wildman–Crippen LogP) is 4.43. The van der Waals surface area contributed by atoms with Crippen molar-refractivity contribution in [3.05, 3.63) is 69.2 Å². The Morgan fingerprint density at radius 3 is 2.05 bits per heavy atom. The first kappa shape index (κ1) is 14.7. The third-order valence-corrected chi connectivity index (χ3v) is 3.09. The molecule has 0 heterocycles. The molecule has 0 aliphatic rings. The fourth-order valence-corrected chi connectivity index (χ4v) is 2.13. The Hall–Kier alpha value is -1.69. The number of ketones is 1. The van der Waals surface area contributed by atoms with Crippen LogP contribution < -0.4 is 0 Å². The van der Waals surface area contributed by atoms with Crippen molar-refractivity contribution in [1.29, 1.82) is 0 Å². The summed E-state index contributed by atoms with van der Waals surface area (Å²) in [5, 5.41) is 0. The van der Waals surface area contributed by atoms with E-state index in [1.807, 2.05) is 0 Å². The molecule has 0 unspecified atom stereocenters. The van der Waals surface area contributed by atoms with Gasteiger partial charge in [-0.1, -0.05) is 22.0 Å². The summed E-state index contributed by atoms with van der Waals surface area (Å²) in [4.78, 5) is 11.9. The van der Waals surface area contributed by atoms with Crippen molar-refractivity contribution >= 4 is 21.7 Å². The topological polar surface area (TPSA) is 17.1 Å². The average molecular weight is 347 g/mol. The normalized spacial score (nSPS) is 10.7. The van der Waals surface area contributed by atoms with E-state index in [-0.39, 0.29) is 10.0 Å². The van der Waals surface area contributed by atoms with Crippen LogP contribution in [-0.2, 0) is 6.42 Å². The van der Waals surface area contributed by atoms with E-state index in [2.05, 4.69) is 15.9 Å². The molecular formula is C14H7BrF4O. The Bertz CT molecular complexity index is 662. The lowest BCUT2D eigenvalue weighted by molar-refractivity contribution is 0.0985. The van der Waals surface area contributed by atoms with Gasteiger partial charge in [0.25, 0.3) is 0 Å². The second-order valence-corrected chi connectivity index (χ2v) is 5.01. The highest BCUT2D eigenvalue weighted by atomic mass is 79.9. The molecule has 104 valence electrons. The number of carbonyl (C=O) groups excluding carboxylic acids is 1. The van der Waals surface area contributed by atoms with Gasteiger partial charge in [0, 0.05) is 10.9 Å². The minimum absolute atomic E-state index is 0.135. The lowest BCUT2D eigenvalue weighted by Crippen LogP contribution is -2.09. The van der Waals surface area contributed by atoms with E-state index in [4.69, 9.17) is 0 Å². The lowest BCUT2D eigenvalue weighted by Gasteiger charge is -2.06. The quantitative estimate of drug-likeness (QED) is 0.593. The molecule has 0 spiro atoms. The molecule has 0 fully saturated rings. The fourth-order valence-electron chi connectivity index (χ4n) is 1.73. The summed E-state index contributed by atoms with van der Waals surface area (Å²) in [5.41, 5.74) is -0.562. The molecule has 0 bridgehead atoms. The number of benzene rings is 2. The highest BCUT2D eigenvalue weighted by Gasteiger charge is 2.19. The summed E-state index contributed by atoms with van der Waals surface area (Å²) in [6, 6.07) is 4.78. The number of Topliss-reactive ketones (excluding diaryl/α,β-unsaturated/α-hetero) is 1. The maximum atomic E-state index is 13.6. The molecule has 0 aromatic heterocycles. The van der Waals surface area contributed by atoms with Gasteiger partial charge < -0.3 is 0 Å². The zero-order valence-electron chi connectivity index (χ0n) is 9.89. The molecule has 0 amide bonds. The van der Waals surface area contributed by atoms with Crippen LogP contribution in [0, 0.1) is 23.3 Å². The van der Waals surface area contributed by atoms with Crippen LogP contribution in [0.15, 0.2) is 34.8 Å². The molecule has 6 heteroatoms. The molecule has 20 heavy (non-hydrogen) atoms. The second-order valence-electron chi connectivity index (χ2n) is 4.09. The number of halogens is 5. The second kappa shape index (κ2) is 5.75. The zero-order chi connectivity index (χ0) is 14.9. The maximum Gasteiger partial charge on any atom is 0.173 e. The van der Waals surface area contributed by atoms with Gasteiger partial charge in [-0.15, -0.1) is 0 Å².